The molecule has 5 heteroatoms. The molecule has 1 saturated heterocycles. The van der Waals surface area contributed by atoms with E-state index in [2.05, 4.69) is 21.5 Å². The summed E-state index contributed by atoms with van der Waals surface area (Å²) in [6.07, 6.45) is 7.53. The maximum absolute atomic E-state index is 5.13. The van der Waals surface area contributed by atoms with Gasteiger partial charge in [-0.15, -0.1) is 0 Å². The third kappa shape index (κ3) is 1.84. The second-order valence-electron chi connectivity index (χ2n) is 4.78. The van der Waals surface area contributed by atoms with Gasteiger partial charge in [-0.3, -0.25) is 0 Å². The summed E-state index contributed by atoms with van der Waals surface area (Å²) in [4.78, 5) is 8.96. The second-order valence-corrected chi connectivity index (χ2v) is 4.78. The van der Waals surface area contributed by atoms with Crippen molar-refractivity contribution in [2.45, 2.75) is 25.3 Å². The van der Waals surface area contributed by atoms with Gasteiger partial charge in [-0.2, -0.15) is 4.98 Å². The van der Waals surface area contributed by atoms with Gasteiger partial charge in [-0.1, -0.05) is 6.42 Å². The Kier molecular flexibility index (Phi) is 2.91. The number of hydrogen-bond donors (Lipinski definition) is 1. The topological polar surface area (TPSA) is 52.0 Å². The average molecular weight is 246 g/mol. The Morgan fingerprint density at radius 2 is 2.33 bits per heavy atom. The summed E-state index contributed by atoms with van der Waals surface area (Å²) in [5.41, 5.74) is 3.12. The van der Waals surface area contributed by atoms with Crippen molar-refractivity contribution in [1.29, 1.82) is 0 Å². The van der Waals surface area contributed by atoms with Gasteiger partial charge in [0.1, 0.15) is 5.52 Å². The molecular formula is C13H18N4O. The van der Waals surface area contributed by atoms with Crippen LogP contribution in [-0.4, -0.2) is 28.2 Å². The molecule has 18 heavy (non-hydrogen) atoms. The molecule has 1 N–H and O–H groups in total. The lowest BCUT2D eigenvalue weighted by atomic mass is 9.99. The van der Waals surface area contributed by atoms with Crippen LogP contribution in [-0.2, 0) is 7.05 Å². The van der Waals surface area contributed by atoms with Gasteiger partial charge in [0.05, 0.1) is 13.3 Å². The molecule has 0 amide bonds. The standard InChI is InChI=1S/C13H18N4O/c1-17-8-9(10-5-3-4-6-14-10)12-13(17)16-11(18-2)7-15-12/h7-8,10,14H,3-6H2,1-2H3. The molecule has 3 heterocycles. The van der Waals surface area contributed by atoms with Gasteiger partial charge in [-0.25, -0.2) is 4.98 Å². The number of nitrogens with zero attached hydrogens (tertiary/aromatic N) is 3. The SMILES string of the molecule is COc1cnc2c(C3CCCCN3)cn(C)c2n1. The zero-order chi connectivity index (χ0) is 12.5. The van der Waals surface area contributed by atoms with E-state index >= 15 is 0 Å². The van der Waals surface area contributed by atoms with Crippen LogP contribution in [0, 0.1) is 0 Å². The summed E-state index contributed by atoms with van der Waals surface area (Å²) in [5, 5.41) is 3.56. The van der Waals surface area contributed by atoms with E-state index in [9.17, 15) is 0 Å². The van der Waals surface area contributed by atoms with E-state index in [-0.39, 0.29) is 0 Å². The Bertz CT molecular complexity index is 557. The number of methoxy groups -OCH3 is 1. The zero-order valence-corrected chi connectivity index (χ0v) is 10.8. The van der Waals surface area contributed by atoms with Crippen LogP contribution in [0.15, 0.2) is 12.4 Å². The van der Waals surface area contributed by atoms with Crippen molar-refractivity contribution >= 4 is 11.2 Å². The predicted molar refractivity (Wildman–Crippen MR) is 69.7 cm³/mol. The number of fused-ring (bicyclic) bond motifs is 1. The summed E-state index contributed by atoms with van der Waals surface area (Å²) in [6, 6.07) is 0.408. The molecule has 0 spiro atoms. The summed E-state index contributed by atoms with van der Waals surface area (Å²) in [6.45, 7) is 1.09. The monoisotopic (exact) mass is 246 g/mol. The number of rotatable bonds is 2. The minimum Gasteiger partial charge on any atom is -0.480 e. The Hall–Kier alpha value is -1.62. The van der Waals surface area contributed by atoms with Crippen molar-refractivity contribution < 1.29 is 4.74 Å². The summed E-state index contributed by atoms with van der Waals surface area (Å²) in [7, 11) is 3.62. The van der Waals surface area contributed by atoms with Crippen molar-refractivity contribution in [3.8, 4) is 5.88 Å². The molecule has 0 aliphatic carbocycles. The smallest absolute Gasteiger partial charge is 0.234 e. The molecule has 2 aromatic heterocycles. The molecule has 1 fully saturated rings. The summed E-state index contributed by atoms with van der Waals surface area (Å²) < 4.78 is 7.15. The van der Waals surface area contributed by atoms with E-state index in [0.717, 1.165) is 17.7 Å². The minimum atomic E-state index is 0.408. The van der Waals surface area contributed by atoms with Gasteiger partial charge in [-0.05, 0) is 19.4 Å². The highest BCUT2D eigenvalue weighted by molar-refractivity contribution is 5.76. The number of ether oxygens (including phenoxy) is 1. The fourth-order valence-corrected chi connectivity index (χ4v) is 2.61. The molecule has 1 aliphatic heterocycles. The molecule has 0 aromatic carbocycles. The van der Waals surface area contributed by atoms with Gasteiger partial charge in [0, 0.05) is 24.8 Å². The molecule has 0 saturated carbocycles. The van der Waals surface area contributed by atoms with Gasteiger partial charge >= 0.3 is 0 Å². The number of aromatic nitrogens is 3. The molecule has 3 rings (SSSR count). The largest absolute Gasteiger partial charge is 0.480 e. The summed E-state index contributed by atoms with van der Waals surface area (Å²) in [5.74, 6) is 0.562. The van der Waals surface area contributed by atoms with Crippen molar-refractivity contribution in [3.63, 3.8) is 0 Å². The average Bonchev–Trinajstić information content (AvgIpc) is 2.77. The second kappa shape index (κ2) is 4.57. The lowest BCUT2D eigenvalue weighted by Crippen LogP contribution is -2.26. The van der Waals surface area contributed by atoms with E-state index in [0.29, 0.717) is 11.9 Å². The van der Waals surface area contributed by atoms with Gasteiger partial charge < -0.3 is 14.6 Å². The van der Waals surface area contributed by atoms with Crippen LogP contribution < -0.4 is 10.1 Å². The molecule has 1 aliphatic rings. The first-order chi connectivity index (χ1) is 8.79. The quantitative estimate of drug-likeness (QED) is 0.877. The molecule has 5 nitrogen and oxygen atoms in total. The molecule has 1 unspecified atom stereocenters. The zero-order valence-electron chi connectivity index (χ0n) is 10.8. The third-order valence-electron chi connectivity index (χ3n) is 3.57. The lowest BCUT2D eigenvalue weighted by Gasteiger charge is -2.22. The Labute approximate surface area is 106 Å². The highest BCUT2D eigenvalue weighted by Gasteiger charge is 2.20. The molecular weight excluding hydrogens is 228 g/mol. The van der Waals surface area contributed by atoms with E-state index in [1.807, 2.05) is 11.6 Å². The normalized spacial score (nSPS) is 20.2. The van der Waals surface area contributed by atoms with Crippen molar-refractivity contribution in [2.75, 3.05) is 13.7 Å². The maximum Gasteiger partial charge on any atom is 0.234 e. The highest BCUT2D eigenvalue weighted by atomic mass is 16.5. The van der Waals surface area contributed by atoms with Crippen molar-refractivity contribution in [1.82, 2.24) is 19.9 Å². The Morgan fingerprint density at radius 3 is 3.06 bits per heavy atom. The molecule has 0 bridgehead atoms. The van der Waals surface area contributed by atoms with Crippen LogP contribution in [0.25, 0.3) is 11.2 Å². The molecule has 96 valence electrons. The van der Waals surface area contributed by atoms with Crippen LogP contribution in [0.1, 0.15) is 30.9 Å². The highest BCUT2D eigenvalue weighted by Crippen LogP contribution is 2.29. The van der Waals surface area contributed by atoms with E-state index in [1.165, 1.54) is 24.8 Å². The predicted octanol–water partition coefficient (Wildman–Crippen LogP) is 1.79. The number of piperidine rings is 1. The van der Waals surface area contributed by atoms with Crippen LogP contribution in [0.2, 0.25) is 0 Å². The van der Waals surface area contributed by atoms with Crippen molar-refractivity contribution in [2.24, 2.45) is 7.05 Å². The van der Waals surface area contributed by atoms with Crippen LogP contribution in [0.3, 0.4) is 0 Å². The van der Waals surface area contributed by atoms with Crippen molar-refractivity contribution in [3.05, 3.63) is 18.0 Å². The summed E-state index contributed by atoms with van der Waals surface area (Å²) >= 11 is 0. The fourth-order valence-electron chi connectivity index (χ4n) is 2.61. The lowest BCUT2D eigenvalue weighted by molar-refractivity contribution is 0.397. The van der Waals surface area contributed by atoms with E-state index in [1.54, 1.807) is 13.3 Å². The number of nitrogens with one attached hydrogen (secondary N) is 1. The Morgan fingerprint density at radius 1 is 1.44 bits per heavy atom. The first kappa shape index (κ1) is 11.5. The van der Waals surface area contributed by atoms with Crippen LogP contribution in [0.5, 0.6) is 5.88 Å². The Balaban J connectivity index is 2.07. The number of hydrogen-bond acceptors (Lipinski definition) is 4. The first-order valence-corrected chi connectivity index (χ1v) is 6.39. The maximum atomic E-state index is 5.13. The molecule has 0 radical (unpaired) electrons. The number of aryl methyl sites for hydroxylation is 1. The minimum absolute atomic E-state index is 0.408. The van der Waals surface area contributed by atoms with E-state index < -0.39 is 0 Å². The van der Waals surface area contributed by atoms with E-state index in [4.69, 9.17) is 4.74 Å². The van der Waals surface area contributed by atoms with Crippen LogP contribution >= 0.6 is 0 Å². The van der Waals surface area contributed by atoms with Crippen LogP contribution in [0.4, 0.5) is 0 Å². The fraction of sp³-hybridized carbons (Fsp3) is 0.538. The van der Waals surface area contributed by atoms with Gasteiger partial charge in [0.25, 0.3) is 0 Å². The molecule has 1 atom stereocenters. The van der Waals surface area contributed by atoms with Gasteiger partial charge in [0.2, 0.25) is 5.88 Å². The third-order valence-corrected chi connectivity index (χ3v) is 3.57. The van der Waals surface area contributed by atoms with Gasteiger partial charge in [0.15, 0.2) is 5.65 Å². The first-order valence-electron chi connectivity index (χ1n) is 6.39. The molecule has 2 aromatic rings.